The lowest BCUT2D eigenvalue weighted by Crippen LogP contribution is -2.38. The first-order valence-corrected chi connectivity index (χ1v) is 16.4. The highest BCUT2D eigenvalue weighted by Crippen LogP contribution is 2.38. The highest BCUT2D eigenvalue weighted by atomic mass is 33.1. The lowest BCUT2D eigenvalue weighted by atomic mass is 9.92. The number of hydrogen-bond acceptors (Lipinski definition) is 7. The molecule has 0 atom stereocenters. The Bertz CT molecular complexity index is 735. The van der Waals surface area contributed by atoms with Crippen molar-refractivity contribution in [3.05, 3.63) is 0 Å². The third-order valence-electron chi connectivity index (χ3n) is 6.21. The fourth-order valence-corrected chi connectivity index (χ4v) is 5.49. The predicted octanol–water partition coefficient (Wildman–Crippen LogP) is 6.19. The molecule has 0 aliphatic carbocycles. The largest absolute Gasteiger partial charge is 0.449 e. The molecule has 0 radical (unpaired) electrons. The second-order valence-electron chi connectivity index (χ2n) is 13.3. The summed E-state index contributed by atoms with van der Waals surface area (Å²) in [6, 6.07) is 0. The summed E-state index contributed by atoms with van der Waals surface area (Å²) in [4.78, 5) is 42.1. The van der Waals surface area contributed by atoms with Gasteiger partial charge in [-0.05, 0) is 43.9 Å². The number of nitrogens with zero attached hydrogens (tertiary/aromatic N) is 3. The zero-order chi connectivity index (χ0) is 30.3. The lowest BCUT2D eigenvalue weighted by molar-refractivity contribution is -0.134. The third kappa shape index (κ3) is 21.3. The molecular formula is C29H57N3O5S2. The lowest BCUT2D eigenvalue weighted by Gasteiger charge is -2.26. The van der Waals surface area contributed by atoms with Crippen LogP contribution in [-0.4, -0.2) is 104 Å². The number of carbonyl (C=O) groups excluding carboxylic acids is 3. The summed E-state index contributed by atoms with van der Waals surface area (Å²) in [5, 5.41) is 0. The van der Waals surface area contributed by atoms with Crippen molar-refractivity contribution in [3.63, 3.8) is 0 Å². The average Bonchev–Trinajstić information content (AvgIpc) is 2.82. The van der Waals surface area contributed by atoms with E-state index in [0.29, 0.717) is 58.0 Å². The van der Waals surface area contributed by atoms with Gasteiger partial charge < -0.3 is 24.2 Å². The normalized spacial score (nSPS) is 12.3. The zero-order valence-electron chi connectivity index (χ0n) is 26.7. The molecule has 0 spiro atoms. The van der Waals surface area contributed by atoms with E-state index in [-0.39, 0.29) is 33.5 Å². The zero-order valence-corrected chi connectivity index (χ0v) is 28.3. The monoisotopic (exact) mass is 591 g/mol. The van der Waals surface area contributed by atoms with Gasteiger partial charge in [-0.2, -0.15) is 0 Å². The van der Waals surface area contributed by atoms with E-state index in [1.807, 2.05) is 0 Å². The van der Waals surface area contributed by atoms with E-state index in [4.69, 9.17) is 9.47 Å². The molecular weight excluding hydrogens is 534 g/mol. The van der Waals surface area contributed by atoms with Crippen LogP contribution in [0.2, 0.25) is 0 Å². The van der Waals surface area contributed by atoms with Gasteiger partial charge in [0.15, 0.2) is 0 Å². The van der Waals surface area contributed by atoms with Gasteiger partial charge in [-0.1, -0.05) is 63.1 Å². The van der Waals surface area contributed by atoms with Crippen molar-refractivity contribution in [2.75, 3.05) is 66.4 Å². The smallest absolute Gasteiger partial charge is 0.409 e. The fraction of sp³-hybridized carbons (Fsp3) is 0.897. The summed E-state index contributed by atoms with van der Waals surface area (Å²) in [6.07, 6.45) is 3.15. The van der Waals surface area contributed by atoms with Gasteiger partial charge in [-0.25, -0.2) is 4.79 Å². The Labute approximate surface area is 247 Å². The third-order valence-corrected chi connectivity index (χ3v) is 9.52. The van der Waals surface area contributed by atoms with Crippen LogP contribution in [0, 0.1) is 10.8 Å². The molecule has 39 heavy (non-hydrogen) atoms. The van der Waals surface area contributed by atoms with Crippen LogP contribution in [0.3, 0.4) is 0 Å². The first kappa shape index (κ1) is 37.9. The molecule has 0 rings (SSSR count). The Morgan fingerprint density at radius 2 is 1.18 bits per heavy atom. The Balaban J connectivity index is 4.11. The maximum atomic E-state index is 12.7. The molecule has 0 unspecified atom stereocenters. The summed E-state index contributed by atoms with van der Waals surface area (Å²) < 4.78 is 10.9. The fourth-order valence-electron chi connectivity index (χ4n) is 3.09. The molecule has 0 saturated heterocycles. The first-order valence-electron chi connectivity index (χ1n) is 14.1. The quantitative estimate of drug-likeness (QED) is 0.139. The van der Waals surface area contributed by atoms with Crippen molar-refractivity contribution < 1.29 is 23.9 Å². The van der Waals surface area contributed by atoms with Crippen molar-refractivity contribution in [3.8, 4) is 0 Å². The number of carbonyl (C=O) groups is 3. The van der Waals surface area contributed by atoms with Crippen molar-refractivity contribution >= 4 is 39.5 Å². The van der Waals surface area contributed by atoms with Crippen LogP contribution >= 0.6 is 21.6 Å². The molecule has 0 aromatic heterocycles. The summed E-state index contributed by atoms with van der Waals surface area (Å²) >= 11 is 0. The number of hydrogen-bond donors (Lipinski definition) is 0. The molecule has 0 aromatic carbocycles. The van der Waals surface area contributed by atoms with Gasteiger partial charge in [0.05, 0.1) is 13.0 Å². The van der Waals surface area contributed by atoms with E-state index in [1.165, 1.54) is 0 Å². The SMILES string of the molecule is CN(CCN(C)C(=O)CCC(C)(C)SSCCOC(=O)N(C)CCC(C)(C)C)C(=O)CCOCCC(C)(C)C. The van der Waals surface area contributed by atoms with Crippen LogP contribution in [-0.2, 0) is 19.1 Å². The highest BCUT2D eigenvalue weighted by molar-refractivity contribution is 8.77. The van der Waals surface area contributed by atoms with Crippen LogP contribution in [0.1, 0.15) is 87.5 Å². The van der Waals surface area contributed by atoms with Crippen LogP contribution in [0.5, 0.6) is 0 Å². The molecule has 10 heteroatoms. The standard InChI is InChI=1S/C29H57N3O5S2/c1-27(2,3)15-17-32(11)26(35)37-22-23-38-39-29(7,8)14-12-24(33)30(9)18-19-31(10)25(34)13-20-36-21-16-28(4,5)6/h12-23H2,1-11H3. The molecule has 0 fully saturated rings. The van der Waals surface area contributed by atoms with Gasteiger partial charge in [-0.3, -0.25) is 9.59 Å². The van der Waals surface area contributed by atoms with E-state index in [9.17, 15) is 14.4 Å². The Hall–Kier alpha value is -1.13. The van der Waals surface area contributed by atoms with E-state index in [2.05, 4.69) is 55.4 Å². The number of likely N-dealkylation sites (N-methyl/N-ethyl adjacent to an activating group) is 2. The topological polar surface area (TPSA) is 79.4 Å². The number of ether oxygens (including phenoxy) is 2. The molecule has 3 amide bonds. The van der Waals surface area contributed by atoms with E-state index >= 15 is 0 Å². The van der Waals surface area contributed by atoms with E-state index in [1.54, 1.807) is 57.4 Å². The van der Waals surface area contributed by atoms with Crippen molar-refractivity contribution in [2.45, 2.75) is 92.2 Å². The van der Waals surface area contributed by atoms with Gasteiger partial charge in [0.1, 0.15) is 6.61 Å². The minimum Gasteiger partial charge on any atom is -0.449 e. The van der Waals surface area contributed by atoms with Gasteiger partial charge >= 0.3 is 6.09 Å². The number of amides is 3. The summed E-state index contributed by atoms with van der Waals surface area (Å²) in [7, 11) is 8.71. The molecule has 0 N–H and O–H groups in total. The molecule has 8 nitrogen and oxygen atoms in total. The van der Waals surface area contributed by atoms with Crippen LogP contribution in [0.25, 0.3) is 0 Å². The summed E-state index contributed by atoms with van der Waals surface area (Å²) in [6.45, 7) is 20.4. The first-order chi connectivity index (χ1) is 17.8. The summed E-state index contributed by atoms with van der Waals surface area (Å²) in [5.41, 5.74) is 0.406. The summed E-state index contributed by atoms with van der Waals surface area (Å²) in [5.74, 6) is 0.804. The molecule has 0 bridgehead atoms. The Morgan fingerprint density at radius 3 is 1.72 bits per heavy atom. The predicted molar refractivity (Wildman–Crippen MR) is 166 cm³/mol. The molecule has 0 heterocycles. The molecule has 0 aliphatic rings. The van der Waals surface area contributed by atoms with Gasteiger partial charge in [-0.15, -0.1) is 0 Å². The minimum absolute atomic E-state index is 0.0309. The molecule has 230 valence electrons. The Morgan fingerprint density at radius 1 is 0.641 bits per heavy atom. The average molecular weight is 592 g/mol. The van der Waals surface area contributed by atoms with Gasteiger partial charge in [0.25, 0.3) is 0 Å². The maximum absolute atomic E-state index is 12.7. The minimum atomic E-state index is -0.283. The molecule has 0 saturated carbocycles. The van der Waals surface area contributed by atoms with Crippen molar-refractivity contribution in [1.82, 2.24) is 14.7 Å². The van der Waals surface area contributed by atoms with Gasteiger partial charge in [0, 0.05) is 64.3 Å². The highest BCUT2D eigenvalue weighted by Gasteiger charge is 2.22. The molecule has 0 aliphatic heterocycles. The van der Waals surface area contributed by atoms with Crippen LogP contribution in [0.15, 0.2) is 0 Å². The second-order valence-corrected chi connectivity index (χ2v) is 16.4. The van der Waals surface area contributed by atoms with Crippen molar-refractivity contribution in [1.29, 1.82) is 0 Å². The molecule has 0 aromatic rings. The van der Waals surface area contributed by atoms with Crippen LogP contribution in [0.4, 0.5) is 4.79 Å². The maximum Gasteiger partial charge on any atom is 0.409 e. The Kier molecular flexibility index (Phi) is 17.8. The second kappa shape index (κ2) is 18.3. The van der Waals surface area contributed by atoms with Gasteiger partial charge in [0.2, 0.25) is 11.8 Å². The van der Waals surface area contributed by atoms with E-state index < -0.39 is 0 Å². The van der Waals surface area contributed by atoms with E-state index in [0.717, 1.165) is 19.3 Å². The number of rotatable bonds is 18. The van der Waals surface area contributed by atoms with Crippen LogP contribution < -0.4 is 0 Å². The van der Waals surface area contributed by atoms with Crippen molar-refractivity contribution in [2.24, 2.45) is 10.8 Å².